The van der Waals surface area contributed by atoms with Gasteiger partial charge in [-0.15, -0.1) is 10.2 Å². The Morgan fingerprint density at radius 2 is 1.93 bits per heavy atom. The standard InChI is InChI=1S/C19H16ClN3O4S/c20-16-3-1-2-4-17(16)26-11-18-22-23-19(27-18)28-12-14(24)10-25-15-7-5-13(9-21)6-8-15/h1-8,14,24H,10-12H2. The molecule has 0 fully saturated rings. The Hall–Kier alpha value is -2.73. The van der Waals surface area contributed by atoms with Crippen molar-refractivity contribution in [3.63, 3.8) is 0 Å². The van der Waals surface area contributed by atoms with Crippen LogP contribution in [0, 0.1) is 11.3 Å². The number of nitrogens with zero attached hydrogens (tertiary/aromatic N) is 3. The second kappa shape index (κ2) is 9.99. The number of hydrogen-bond donors (Lipinski definition) is 1. The van der Waals surface area contributed by atoms with Gasteiger partial charge >= 0.3 is 0 Å². The monoisotopic (exact) mass is 417 g/mol. The summed E-state index contributed by atoms with van der Waals surface area (Å²) in [5.41, 5.74) is 0.550. The molecule has 1 unspecified atom stereocenters. The van der Waals surface area contributed by atoms with Crippen molar-refractivity contribution in [1.82, 2.24) is 10.2 Å². The SMILES string of the molecule is N#Cc1ccc(OCC(O)CSc2nnc(COc3ccccc3Cl)o2)cc1. The van der Waals surface area contributed by atoms with Gasteiger partial charge in [-0.05, 0) is 36.4 Å². The topological polar surface area (TPSA) is 101 Å². The fourth-order valence-electron chi connectivity index (χ4n) is 2.09. The Morgan fingerprint density at radius 3 is 2.68 bits per heavy atom. The van der Waals surface area contributed by atoms with Gasteiger partial charge in [0, 0.05) is 5.75 Å². The predicted molar refractivity (Wildman–Crippen MR) is 103 cm³/mol. The number of rotatable bonds is 9. The molecule has 0 saturated heterocycles. The summed E-state index contributed by atoms with van der Waals surface area (Å²) in [7, 11) is 0. The molecule has 2 aromatic carbocycles. The number of para-hydroxylation sites is 1. The Morgan fingerprint density at radius 1 is 1.14 bits per heavy atom. The first-order valence-corrected chi connectivity index (χ1v) is 9.64. The summed E-state index contributed by atoms with van der Waals surface area (Å²) in [6.45, 7) is 0.206. The summed E-state index contributed by atoms with van der Waals surface area (Å²) < 4.78 is 16.5. The predicted octanol–water partition coefficient (Wildman–Crippen LogP) is 3.71. The maximum Gasteiger partial charge on any atom is 0.276 e. The normalized spacial score (nSPS) is 11.6. The van der Waals surface area contributed by atoms with Gasteiger partial charge in [0.15, 0.2) is 6.61 Å². The molecular weight excluding hydrogens is 402 g/mol. The third-order valence-corrected chi connectivity index (χ3v) is 4.74. The minimum atomic E-state index is -0.727. The van der Waals surface area contributed by atoms with Crippen LogP contribution >= 0.6 is 23.4 Å². The lowest BCUT2D eigenvalue weighted by Gasteiger charge is -2.11. The number of aliphatic hydroxyl groups excluding tert-OH is 1. The molecule has 9 heteroatoms. The van der Waals surface area contributed by atoms with Crippen molar-refractivity contribution in [2.45, 2.75) is 17.9 Å². The smallest absolute Gasteiger partial charge is 0.276 e. The minimum absolute atomic E-state index is 0.0989. The molecule has 0 bridgehead atoms. The molecule has 1 atom stereocenters. The Balaban J connectivity index is 1.41. The fraction of sp³-hybridized carbons (Fsp3) is 0.211. The molecule has 0 amide bonds. The van der Waals surface area contributed by atoms with Crippen molar-refractivity contribution >= 4 is 23.4 Å². The average molecular weight is 418 g/mol. The molecule has 1 heterocycles. The van der Waals surface area contributed by atoms with Crippen LogP contribution in [0.3, 0.4) is 0 Å². The maximum absolute atomic E-state index is 10.0. The van der Waals surface area contributed by atoms with E-state index in [1.165, 1.54) is 11.8 Å². The third-order valence-electron chi connectivity index (χ3n) is 3.46. The summed E-state index contributed by atoms with van der Waals surface area (Å²) in [6.07, 6.45) is -0.727. The van der Waals surface area contributed by atoms with Crippen LogP contribution in [-0.4, -0.2) is 33.8 Å². The van der Waals surface area contributed by atoms with E-state index in [4.69, 9.17) is 30.8 Å². The van der Waals surface area contributed by atoms with Crippen molar-refractivity contribution in [2.24, 2.45) is 0 Å². The van der Waals surface area contributed by atoms with Gasteiger partial charge < -0.3 is 19.0 Å². The first-order chi connectivity index (χ1) is 13.6. The summed E-state index contributed by atoms with van der Waals surface area (Å²) in [6, 6.07) is 15.8. The summed E-state index contributed by atoms with van der Waals surface area (Å²) in [5.74, 6) is 1.75. The first kappa shape index (κ1) is 20.0. The molecule has 0 aliphatic rings. The van der Waals surface area contributed by atoms with Crippen LogP contribution in [0.4, 0.5) is 0 Å². The molecule has 3 aromatic rings. The van der Waals surface area contributed by atoms with Crippen LogP contribution in [0.25, 0.3) is 0 Å². The molecule has 0 spiro atoms. The van der Waals surface area contributed by atoms with Crippen molar-refractivity contribution in [3.05, 3.63) is 65.0 Å². The highest BCUT2D eigenvalue weighted by molar-refractivity contribution is 7.99. The maximum atomic E-state index is 10.0. The van der Waals surface area contributed by atoms with Crippen molar-refractivity contribution in [3.8, 4) is 17.6 Å². The van der Waals surface area contributed by atoms with Crippen LogP contribution in [-0.2, 0) is 6.61 Å². The Labute approximate surface area is 170 Å². The zero-order chi connectivity index (χ0) is 19.8. The molecule has 3 rings (SSSR count). The fourth-order valence-corrected chi connectivity index (χ4v) is 2.97. The van der Waals surface area contributed by atoms with Gasteiger partial charge in [-0.25, -0.2) is 0 Å². The Bertz CT molecular complexity index is 943. The van der Waals surface area contributed by atoms with Gasteiger partial charge in [0.2, 0.25) is 0 Å². The second-order valence-corrected chi connectivity index (χ2v) is 6.97. The van der Waals surface area contributed by atoms with E-state index < -0.39 is 6.10 Å². The molecule has 1 aromatic heterocycles. The van der Waals surface area contributed by atoms with Gasteiger partial charge in [-0.2, -0.15) is 5.26 Å². The third kappa shape index (κ3) is 5.89. The van der Waals surface area contributed by atoms with E-state index >= 15 is 0 Å². The summed E-state index contributed by atoms with van der Waals surface area (Å²) in [5, 5.41) is 27.4. The summed E-state index contributed by atoms with van der Waals surface area (Å²) >= 11 is 7.24. The first-order valence-electron chi connectivity index (χ1n) is 8.27. The van der Waals surface area contributed by atoms with E-state index in [-0.39, 0.29) is 13.2 Å². The van der Waals surface area contributed by atoms with E-state index in [9.17, 15) is 5.11 Å². The number of aliphatic hydroxyl groups is 1. The highest BCUT2D eigenvalue weighted by Crippen LogP contribution is 2.24. The molecule has 1 N–H and O–H groups in total. The van der Waals surface area contributed by atoms with Crippen LogP contribution in [0.2, 0.25) is 5.02 Å². The van der Waals surface area contributed by atoms with Crippen molar-refractivity contribution in [1.29, 1.82) is 5.26 Å². The van der Waals surface area contributed by atoms with E-state index in [2.05, 4.69) is 10.2 Å². The number of thioether (sulfide) groups is 1. The van der Waals surface area contributed by atoms with Gasteiger partial charge in [-0.3, -0.25) is 0 Å². The number of aromatic nitrogens is 2. The number of hydrogen-bond acceptors (Lipinski definition) is 8. The van der Waals surface area contributed by atoms with Crippen LogP contribution in [0.15, 0.2) is 58.2 Å². The van der Waals surface area contributed by atoms with E-state index in [1.54, 1.807) is 36.4 Å². The Kier molecular flexibility index (Phi) is 7.14. The number of nitriles is 1. The highest BCUT2D eigenvalue weighted by Gasteiger charge is 2.12. The molecule has 28 heavy (non-hydrogen) atoms. The molecule has 144 valence electrons. The van der Waals surface area contributed by atoms with Gasteiger partial charge in [-0.1, -0.05) is 35.5 Å². The lowest BCUT2D eigenvalue weighted by molar-refractivity contribution is 0.126. The van der Waals surface area contributed by atoms with Crippen molar-refractivity contribution in [2.75, 3.05) is 12.4 Å². The molecule has 0 radical (unpaired) electrons. The largest absolute Gasteiger partial charge is 0.491 e. The van der Waals surface area contributed by atoms with E-state index in [0.717, 1.165) is 0 Å². The highest BCUT2D eigenvalue weighted by atomic mass is 35.5. The van der Waals surface area contributed by atoms with Crippen molar-refractivity contribution < 1.29 is 19.0 Å². The zero-order valence-corrected chi connectivity index (χ0v) is 16.2. The van der Waals surface area contributed by atoms with E-state index in [0.29, 0.717) is 39.0 Å². The quantitative estimate of drug-likeness (QED) is 0.526. The molecular formula is C19H16ClN3O4S. The van der Waals surface area contributed by atoms with Gasteiger partial charge in [0.05, 0.1) is 22.8 Å². The lowest BCUT2D eigenvalue weighted by Crippen LogP contribution is -2.20. The molecule has 0 aliphatic heterocycles. The number of ether oxygens (including phenoxy) is 2. The van der Waals surface area contributed by atoms with Gasteiger partial charge in [0.1, 0.15) is 18.1 Å². The van der Waals surface area contributed by atoms with Gasteiger partial charge in [0.25, 0.3) is 11.1 Å². The minimum Gasteiger partial charge on any atom is -0.491 e. The second-order valence-electron chi connectivity index (χ2n) is 5.59. The van der Waals surface area contributed by atoms with Crippen LogP contribution in [0.5, 0.6) is 11.5 Å². The van der Waals surface area contributed by atoms with Crippen LogP contribution < -0.4 is 9.47 Å². The molecule has 0 saturated carbocycles. The molecule has 7 nitrogen and oxygen atoms in total. The van der Waals surface area contributed by atoms with E-state index in [1.807, 2.05) is 18.2 Å². The van der Waals surface area contributed by atoms with Crippen LogP contribution in [0.1, 0.15) is 11.5 Å². The lowest BCUT2D eigenvalue weighted by atomic mass is 10.2. The molecule has 0 aliphatic carbocycles. The average Bonchev–Trinajstić information content (AvgIpc) is 3.18. The summed E-state index contributed by atoms with van der Waals surface area (Å²) in [4.78, 5) is 0. The number of benzene rings is 2. The zero-order valence-electron chi connectivity index (χ0n) is 14.6. The number of halogens is 1.